The zero-order valence-electron chi connectivity index (χ0n) is 7.07. The van der Waals surface area contributed by atoms with Gasteiger partial charge < -0.3 is 4.98 Å². The molecule has 0 aromatic carbocycles. The number of aromatic nitrogens is 2. The van der Waals surface area contributed by atoms with E-state index in [0.29, 0.717) is 0 Å². The van der Waals surface area contributed by atoms with Crippen LogP contribution in [0.15, 0.2) is 28.6 Å². The van der Waals surface area contributed by atoms with Crippen molar-refractivity contribution in [2.75, 3.05) is 0 Å². The van der Waals surface area contributed by atoms with E-state index in [0.717, 1.165) is 11.3 Å². The van der Waals surface area contributed by atoms with Gasteiger partial charge in [-0.05, 0) is 13.0 Å². The van der Waals surface area contributed by atoms with Gasteiger partial charge in [-0.3, -0.25) is 9.78 Å². The van der Waals surface area contributed by atoms with Gasteiger partial charge in [0.25, 0.3) is 5.56 Å². The van der Waals surface area contributed by atoms with Crippen LogP contribution in [0.5, 0.6) is 0 Å². The van der Waals surface area contributed by atoms with Crippen LogP contribution < -0.4 is 5.56 Å². The molecule has 2 rings (SSSR count). The molecule has 0 unspecified atom stereocenters. The number of aromatic amines is 1. The van der Waals surface area contributed by atoms with Crippen molar-refractivity contribution in [1.29, 1.82) is 0 Å². The van der Waals surface area contributed by atoms with Gasteiger partial charge in [0, 0.05) is 15.8 Å². The van der Waals surface area contributed by atoms with Gasteiger partial charge in [-0.15, -0.1) is 11.3 Å². The van der Waals surface area contributed by atoms with Gasteiger partial charge in [0.1, 0.15) is 0 Å². The molecule has 2 aromatic rings. The highest BCUT2D eigenvalue weighted by Crippen LogP contribution is 2.21. The van der Waals surface area contributed by atoms with Crippen LogP contribution in [0.4, 0.5) is 0 Å². The molecular weight excluding hydrogens is 184 g/mol. The minimum Gasteiger partial charge on any atom is -0.319 e. The molecule has 0 aliphatic rings. The third-order valence-corrected chi connectivity index (χ3v) is 2.56. The summed E-state index contributed by atoms with van der Waals surface area (Å²) in [5.74, 6) is 0. The van der Waals surface area contributed by atoms with Crippen LogP contribution in [0.3, 0.4) is 0 Å². The summed E-state index contributed by atoms with van der Waals surface area (Å²) in [6.45, 7) is 2.03. The van der Waals surface area contributed by atoms with Crippen LogP contribution in [0.1, 0.15) is 4.88 Å². The molecule has 0 atom stereocenters. The summed E-state index contributed by atoms with van der Waals surface area (Å²) < 4.78 is 0. The molecule has 0 radical (unpaired) electrons. The number of aryl methyl sites for hydroxylation is 1. The maximum absolute atomic E-state index is 11.0. The third-order valence-electron chi connectivity index (χ3n) is 1.69. The molecule has 0 fully saturated rings. The largest absolute Gasteiger partial charge is 0.319 e. The van der Waals surface area contributed by atoms with Crippen molar-refractivity contribution in [3.63, 3.8) is 0 Å². The smallest absolute Gasteiger partial charge is 0.266 e. The second-order valence-corrected chi connectivity index (χ2v) is 3.87. The fraction of sp³-hybridized carbons (Fsp3) is 0.111. The molecule has 66 valence electrons. The lowest BCUT2D eigenvalue weighted by molar-refractivity contribution is 1.15. The van der Waals surface area contributed by atoms with Crippen molar-refractivity contribution in [3.8, 4) is 11.3 Å². The number of thiophene rings is 1. The molecule has 3 nitrogen and oxygen atoms in total. The van der Waals surface area contributed by atoms with Crippen LogP contribution in [0, 0.1) is 6.92 Å². The second kappa shape index (κ2) is 3.14. The average molecular weight is 192 g/mol. The SMILES string of the molecule is Cc1cc(-c2cncc(=O)[nH]2)cs1. The van der Waals surface area contributed by atoms with Crippen molar-refractivity contribution in [2.24, 2.45) is 0 Å². The fourth-order valence-corrected chi connectivity index (χ4v) is 1.81. The highest BCUT2D eigenvalue weighted by molar-refractivity contribution is 7.10. The van der Waals surface area contributed by atoms with Crippen molar-refractivity contribution >= 4 is 11.3 Å². The van der Waals surface area contributed by atoms with Gasteiger partial charge in [-0.2, -0.15) is 0 Å². The molecule has 4 heteroatoms. The van der Waals surface area contributed by atoms with E-state index in [4.69, 9.17) is 0 Å². The van der Waals surface area contributed by atoms with E-state index in [1.807, 2.05) is 18.4 Å². The molecular formula is C9H8N2OS. The topological polar surface area (TPSA) is 45.8 Å². The molecule has 0 aliphatic heterocycles. The van der Waals surface area contributed by atoms with Crippen molar-refractivity contribution in [2.45, 2.75) is 6.92 Å². The molecule has 0 amide bonds. The van der Waals surface area contributed by atoms with Gasteiger partial charge in [-0.1, -0.05) is 0 Å². The number of hydrogen-bond acceptors (Lipinski definition) is 3. The Balaban J connectivity index is 2.52. The molecule has 13 heavy (non-hydrogen) atoms. The van der Waals surface area contributed by atoms with Crippen LogP contribution in [0.2, 0.25) is 0 Å². The minimum absolute atomic E-state index is 0.165. The molecule has 2 aromatic heterocycles. The van der Waals surface area contributed by atoms with Crippen molar-refractivity contribution in [1.82, 2.24) is 9.97 Å². The highest BCUT2D eigenvalue weighted by Gasteiger charge is 2.00. The first-order valence-corrected chi connectivity index (χ1v) is 4.73. The first kappa shape index (κ1) is 8.19. The van der Waals surface area contributed by atoms with Crippen LogP contribution in [-0.4, -0.2) is 9.97 Å². The summed E-state index contributed by atoms with van der Waals surface area (Å²) in [5.41, 5.74) is 1.63. The van der Waals surface area contributed by atoms with Gasteiger partial charge in [-0.25, -0.2) is 0 Å². The maximum Gasteiger partial charge on any atom is 0.266 e. The van der Waals surface area contributed by atoms with Gasteiger partial charge in [0.2, 0.25) is 0 Å². The van der Waals surface area contributed by atoms with E-state index >= 15 is 0 Å². The second-order valence-electron chi connectivity index (χ2n) is 2.76. The Morgan fingerprint density at radius 3 is 2.92 bits per heavy atom. The Bertz CT molecular complexity index is 472. The lowest BCUT2D eigenvalue weighted by atomic mass is 10.2. The Morgan fingerprint density at radius 2 is 2.31 bits per heavy atom. The van der Waals surface area contributed by atoms with Gasteiger partial charge in [0.05, 0.1) is 18.1 Å². The van der Waals surface area contributed by atoms with Crippen LogP contribution in [-0.2, 0) is 0 Å². The molecule has 0 aliphatic carbocycles. The first-order valence-electron chi connectivity index (χ1n) is 3.85. The summed E-state index contributed by atoms with van der Waals surface area (Å²) in [6.07, 6.45) is 2.92. The monoisotopic (exact) mass is 192 g/mol. The number of rotatable bonds is 1. The van der Waals surface area contributed by atoms with E-state index in [1.165, 1.54) is 11.1 Å². The Morgan fingerprint density at radius 1 is 1.46 bits per heavy atom. The number of nitrogens with zero attached hydrogens (tertiary/aromatic N) is 1. The lowest BCUT2D eigenvalue weighted by Crippen LogP contribution is -2.05. The summed E-state index contributed by atoms with van der Waals surface area (Å²) in [6, 6.07) is 2.03. The first-order chi connectivity index (χ1) is 6.25. The predicted molar refractivity (Wildman–Crippen MR) is 52.9 cm³/mol. The standard InChI is InChI=1S/C9H8N2OS/c1-6-2-7(5-13-6)8-3-10-4-9(12)11-8/h2-5H,1H3,(H,11,12). The molecule has 0 spiro atoms. The minimum atomic E-state index is -0.165. The van der Waals surface area contributed by atoms with E-state index in [2.05, 4.69) is 9.97 Å². The quantitative estimate of drug-likeness (QED) is 0.749. The number of nitrogens with one attached hydrogen (secondary N) is 1. The Labute approximate surface area is 79.1 Å². The third kappa shape index (κ3) is 1.67. The molecule has 0 saturated carbocycles. The normalized spacial score (nSPS) is 10.2. The fourth-order valence-electron chi connectivity index (χ4n) is 1.11. The van der Waals surface area contributed by atoms with Gasteiger partial charge in [0.15, 0.2) is 0 Å². The van der Waals surface area contributed by atoms with Crippen molar-refractivity contribution < 1.29 is 0 Å². The van der Waals surface area contributed by atoms with Crippen LogP contribution in [0.25, 0.3) is 11.3 Å². The summed E-state index contributed by atoms with van der Waals surface area (Å²) in [5, 5.41) is 2.00. The van der Waals surface area contributed by atoms with Crippen LogP contribution >= 0.6 is 11.3 Å². The lowest BCUT2D eigenvalue weighted by Gasteiger charge is -1.93. The van der Waals surface area contributed by atoms with E-state index in [1.54, 1.807) is 17.5 Å². The maximum atomic E-state index is 11.0. The van der Waals surface area contributed by atoms with Gasteiger partial charge >= 0.3 is 0 Å². The molecule has 0 bridgehead atoms. The predicted octanol–water partition coefficient (Wildman–Crippen LogP) is 1.81. The zero-order valence-corrected chi connectivity index (χ0v) is 7.89. The van der Waals surface area contributed by atoms with E-state index in [-0.39, 0.29) is 5.56 Å². The molecule has 0 saturated heterocycles. The molecule has 2 heterocycles. The van der Waals surface area contributed by atoms with E-state index < -0.39 is 0 Å². The van der Waals surface area contributed by atoms with Crippen molar-refractivity contribution in [3.05, 3.63) is 39.1 Å². The zero-order chi connectivity index (χ0) is 9.26. The number of hydrogen-bond donors (Lipinski definition) is 1. The number of H-pyrrole nitrogens is 1. The summed E-state index contributed by atoms with van der Waals surface area (Å²) in [7, 11) is 0. The average Bonchev–Trinajstić information content (AvgIpc) is 2.52. The summed E-state index contributed by atoms with van der Waals surface area (Å²) in [4.78, 5) is 18.7. The molecule has 1 N–H and O–H groups in total. The van der Waals surface area contributed by atoms with E-state index in [9.17, 15) is 4.79 Å². The Kier molecular flexibility index (Phi) is 1.98. The highest BCUT2D eigenvalue weighted by atomic mass is 32.1. The summed E-state index contributed by atoms with van der Waals surface area (Å²) >= 11 is 1.66. The Hall–Kier alpha value is -1.42.